The largest absolute Gasteiger partial charge is 0.479 e. The van der Waals surface area contributed by atoms with Gasteiger partial charge in [-0.1, -0.05) is 28.1 Å². The van der Waals surface area contributed by atoms with E-state index in [1.165, 1.54) is 4.68 Å². The molecule has 0 saturated heterocycles. The lowest BCUT2D eigenvalue weighted by Gasteiger charge is -2.37. The summed E-state index contributed by atoms with van der Waals surface area (Å²) in [4.78, 5) is 11.5. The second kappa shape index (κ2) is 4.41. The van der Waals surface area contributed by atoms with E-state index in [0.717, 1.165) is 16.5 Å². The van der Waals surface area contributed by atoms with E-state index in [1.807, 2.05) is 24.3 Å². The number of tetrazole rings is 1. The molecule has 0 radical (unpaired) electrons. The van der Waals surface area contributed by atoms with Crippen molar-refractivity contribution in [1.82, 2.24) is 20.2 Å². The second-order valence-corrected chi connectivity index (χ2v) is 5.53. The SMILES string of the molecule is O=C(O)C1(n2nnnc2-c2cccc(Br)c2)CCC1. The fourth-order valence-electron chi connectivity index (χ4n) is 2.31. The molecule has 1 fully saturated rings. The molecule has 19 heavy (non-hydrogen) atoms. The van der Waals surface area contributed by atoms with Crippen molar-refractivity contribution in [3.63, 3.8) is 0 Å². The molecule has 1 aromatic carbocycles. The van der Waals surface area contributed by atoms with Gasteiger partial charge in [0.15, 0.2) is 11.4 Å². The molecular formula is C12H11BrN4O2. The quantitative estimate of drug-likeness (QED) is 0.935. The molecule has 1 aliphatic carbocycles. The molecule has 0 amide bonds. The smallest absolute Gasteiger partial charge is 0.331 e. The van der Waals surface area contributed by atoms with Crippen molar-refractivity contribution in [2.24, 2.45) is 0 Å². The average molecular weight is 323 g/mol. The minimum absolute atomic E-state index is 0.489. The van der Waals surface area contributed by atoms with Gasteiger partial charge in [-0.25, -0.2) is 9.48 Å². The van der Waals surface area contributed by atoms with E-state index in [1.54, 1.807) is 0 Å². The van der Waals surface area contributed by atoms with Crippen molar-refractivity contribution in [2.45, 2.75) is 24.8 Å². The molecule has 1 aliphatic rings. The van der Waals surface area contributed by atoms with Crippen LogP contribution in [0.3, 0.4) is 0 Å². The summed E-state index contributed by atoms with van der Waals surface area (Å²) in [7, 11) is 0. The van der Waals surface area contributed by atoms with E-state index < -0.39 is 11.5 Å². The summed E-state index contributed by atoms with van der Waals surface area (Å²) in [5, 5.41) is 21.0. The number of aromatic nitrogens is 4. The van der Waals surface area contributed by atoms with Crippen LogP contribution in [0, 0.1) is 0 Å². The van der Waals surface area contributed by atoms with Gasteiger partial charge in [0.1, 0.15) is 0 Å². The van der Waals surface area contributed by atoms with Crippen molar-refractivity contribution in [3.8, 4) is 11.4 Å². The Hall–Kier alpha value is -1.76. The maximum atomic E-state index is 11.5. The number of aliphatic carboxylic acids is 1. The summed E-state index contributed by atoms with van der Waals surface area (Å²) in [6, 6.07) is 7.50. The Balaban J connectivity index is 2.11. The van der Waals surface area contributed by atoms with Crippen LogP contribution in [0.1, 0.15) is 19.3 Å². The van der Waals surface area contributed by atoms with Gasteiger partial charge in [-0.15, -0.1) is 5.10 Å². The van der Waals surface area contributed by atoms with Crippen molar-refractivity contribution in [3.05, 3.63) is 28.7 Å². The van der Waals surface area contributed by atoms with Crippen LogP contribution in [-0.2, 0) is 10.3 Å². The van der Waals surface area contributed by atoms with E-state index in [2.05, 4.69) is 31.5 Å². The molecule has 98 valence electrons. The van der Waals surface area contributed by atoms with E-state index in [4.69, 9.17) is 0 Å². The molecule has 3 rings (SSSR count). The molecule has 0 unspecified atom stereocenters. The first-order valence-electron chi connectivity index (χ1n) is 5.92. The third-order valence-electron chi connectivity index (χ3n) is 3.54. The van der Waals surface area contributed by atoms with E-state index in [-0.39, 0.29) is 0 Å². The van der Waals surface area contributed by atoms with Crippen LogP contribution in [0.4, 0.5) is 0 Å². The van der Waals surface area contributed by atoms with E-state index >= 15 is 0 Å². The highest BCUT2D eigenvalue weighted by molar-refractivity contribution is 9.10. The van der Waals surface area contributed by atoms with Crippen molar-refractivity contribution in [2.75, 3.05) is 0 Å². The Kier molecular flexibility index (Phi) is 2.85. The lowest BCUT2D eigenvalue weighted by molar-refractivity contribution is -0.153. The lowest BCUT2D eigenvalue weighted by atomic mass is 9.76. The van der Waals surface area contributed by atoms with Crippen LogP contribution in [-0.4, -0.2) is 31.3 Å². The zero-order valence-corrected chi connectivity index (χ0v) is 11.5. The number of halogens is 1. The standard InChI is InChI=1S/C12H11BrN4O2/c13-9-4-1-3-8(7-9)10-14-15-16-17(10)12(11(18)19)5-2-6-12/h1,3-4,7H,2,5-6H2,(H,18,19). The normalized spacial score (nSPS) is 16.9. The van der Waals surface area contributed by atoms with Crippen LogP contribution < -0.4 is 0 Å². The molecule has 1 N–H and O–H groups in total. The minimum Gasteiger partial charge on any atom is -0.479 e. The second-order valence-electron chi connectivity index (χ2n) is 4.61. The molecule has 1 saturated carbocycles. The van der Waals surface area contributed by atoms with Crippen molar-refractivity contribution in [1.29, 1.82) is 0 Å². The van der Waals surface area contributed by atoms with Gasteiger partial charge in [0.2, 0.25) is 0 Å². The van der Waals surface area contributed by atoms with Crippen LogP contribution in [0.25, 0.3) is 11.4 Å². The molecule has 2 aromatic rings. The van der Waals surface area contributed by atoms with Crippen LogP contribution >= 0.6 is 15.9 Å². The number of rotatable bonds is 3. The number of nitrogens with zero attached hydrogens (tertiary/aromatic N) is 4. The van der Waals surface area contributed by atoms with E-state index in [9.17, 15) is 9.90 Å². The van der Waals surface area contributed by atoms with E-state index in [0.29, 0.717) is 18.7 Å². The summed E-state index contributed by atoms with van der Waals surface area (Å²) in [5.74, 6) is -0.384. The van der Waals surface area contributed by atoms with Crippen LogP contribution in [0.5, 0.6) is 0 Å². The highest BCUT2D eigenvalue weighted by Gasteiger charge is 2.49. The van der Waals surface area contributed by atoms with Crippen molar-refractivity contribution >= 4 is 21.9 Å². The van der Waals surface area contributed by atoms with Gasteiger partial charge in [-0.3, -0.25) is 0 Å². The van der Waals surface area contributed by atoms with Crippen LogP contribution in [0.2, 0.25) is 0 Å². The summed E-state index contributed by atoms with van der Waals surface area (Å²) in [5.41, 5.74) is -0.187. The van der Waals surface area contributed by atoms with Gasteiger partial charge in [0.05, 0.1) is 0 Å². The molecule has 7 heteroatoms. The summed E-state index contributed by atoms with van der Waals surface area (Å²) in [6.45, 7) is 0. The number of hydrogen-bond acceptors (Lipinski definition) is 4. The van der Waals surface area contributed by atoms with Gasteiger partial charge in [-0.2, -0.15) is 0 Å². The molecule has 0 bridgehead atoms. The maximum Gasteiger partial charge on any atom is 0.331 e. The molecule has 1 aromatic heterocycles. The Labute approximate surface area is 117 Å². The maximum absolute atomic E-state index is 11.5. The number of benzene rings is 1. The molecular weight excluding hydrogens is 312 g/mol. The average Bonchev–Trinajstić information content (AvgIpc) is 2.76. The highest BCUT2D eigenvalue weighted by atomic mass is 79.9. The number of carbonyl (C=O) groups is 1. The van der Waals surface area contributed by atoms with Gasteiger partial charge in [0.25, 0.3) is 0 Å². The number of hydrogen-bond donors (Lipinski definition) is 1. The number of carboxylic acid groups (broad SMARTS) is 1. The summed E-state index contributed by atoms with van der Waals surface area (Å²) < 4.78 is 2.35. The monoisotopic (exact) mass is 322 g/mol. The first kappa shape index (κ1) is 12.3. The Morgan fingerprint density at radius 3 is 2.79 bits per heavy atom. The Morgan fingerprint density at radius 1 is 1.42 bits per heavy atom. The van der Waals surface area contributed by atoms with Gasteiger partial charge in [-0.05, 0) is 41.8 Å². The summed E-state index contributed by atoms with van der Waals surface area (Å²) in [6.07, 6.45) is 2.01. The minimum atomic E-state index is -0.985. The van der Waals surface area contributed by atoms with Gasteiger partial charge in [0, 0.05) is 10.0 Å². The Morgan fingerprint density at radius 2 is 2.21 bits per heavy atom. The van der Waals surface area contributed by atoms with Crippen LogP contribution in [0.15, 0.2) is 28.7 Å². The molecule has 0 atom stereocenters. The zero-order valence-electron chi connectivity index (χ0n) is 9.95. The molecule has 6 nitrogen and oxygen atoms in total. The first-order valence-corrected chi connectivity index (χ1v) is 6.71. The number of carboxylic acids is 1. The first-order chi connectivity index (χ1) is 9.13. The lowest BCUT2D eigenvalue weighted by Crippen LogP contribution is -2.48. The fourth-order valence-corrected chi connectivity index (χ4v) is 2.71. The predicted octanol–water partition coefficient (Wildman–Crippen LogP) is 2.07. The zero-order chi connectivity index (χ0) is 13.5. The molecule has 0 spiro atoms. The van der Waals surface area contributed by atoms with Crippen molar-refractivity contribution < 1.29 is 9.90 Å². The topological polar surface area (TPSA) is 80.9 Å². The third kappa shape index (κ3) is 1.85. The highest BCUT2D eigenvalue weighted by Crippen LogP contribution is 2.40. The Bertz CT molecular complexity index is 636. The molecule has 1 heterocycles. The molecule has 0 aliphatic heterocycles. The van der Waals surface area contributed by atoms with Gasteiger partial charge >= 0.3 is 5.97 Å². The predicted molar refractivity (Wildman–Crippen MR) is 70.4 cm³/mol. The van der Waals surface area contributed by atoms with Gasteiger partial charge < -0.3 is 5.11 Å². The third-order valence-corrected chi connectivity index (χ3v) is 4.03. The summed E-state index contributed by atoms with van der Waals surface area (Å²) >= 11 is 3.39. The fraction of sp³-hybridized carbons (Fsp3) is 0.333.